The van der Waals surface area contributed by atoms with E-state index in [-0.39, 0.29) is 0 Å². The molecular weight excluding hydrogens is 184 g/mol. The lowest BCUT2D eigenvalue weighted by Crippen LogP contribution is -2.00. The van der Waals surface area contributed by atoms with Gasteiger partial charge in [0.15, 0.2) is 0 Å². The fourth-order valence-corrected chi connectivity index (χ4v) is 1.86. The summed E-state index contributed by atoms with van der Waals surface area (Å²) in [6.07, 6.45) is 4.75. The predicted molar refractivity (Wildman–Crippen MR) is 61.9 cm³/mol. The van der Waals surface area contributed by atoms with Crippen molar-refractivity contribution in [2.75, 3.05) is 0 Å². The number of rotatable bonds is 2. The van der Waals surface area contributed by atoms with Crippen molar-refractivity contribution in [2.24, 2.45) is 7.05 Å². The molecule has 0 radical (unpaired) electrons. The van der Waals surface area contributed by atoms with Gasteiger partial charge in [-0.3, -0.25) is 0 Å². The monoisotopic (exact) mass is 200 g/mol. The molecule has 1 aromatic carbocycles. The first-order valence-corrected chi connectivity index (χ1v) is 5.19. The molecule has 1 heterocycles. The molecule has 2 heteroatoms. The SMILES string of the molecule is Cc1cccc(C)c1Cc1cncn1C. The summed E-state index contributed by atoms with van der Waals surface area (Å²) < 4.78 is 2.08. The van der Waals surface area contributed by atoms with E-state index in [4.69, 9.17) is 0 Å². The van der Waals surface area contributed by atoms with Crippen LogP contribution >= 0.6 is 0 Å². The van der Waals surface area contributed by atoms with Gasteiger partial charge in [0, 0.05) is 25.4 Å². The molecule has 0 saturated carbocycles. The molecule has 1 aromatic heterocycles. The lowest BCUT2D eigenvalue weighted by molar-refractivity contribution is 0.841. The van der Waals surface area contributed by atoms with Crippen LogP contribution in [0.4, 0.5) is 0 Å². The number of aryl methyl sites for hydroxylation is 3. The van der Waals surface area contributed by atoms with E-state index in [9.17, 15) is 0 Å². The minimum atomic E-state index is 0.967. The molecule has 0 aliphatic heterocycles. The zero-order valence-electron chi connectivity index (χ0n) is 9.49. The molecular formula is C13H16N2. The van der Waals surface area contributed by atoms with Crippen LogP contribution < -0.4 is 0 Å². The summed E-state index contributed by atoms with van der Waals surface area (Å²) in [5.41, 5.74) is 5.39. The third-order valence-corrected chi connectivity index (χ3v) is 2.92. The third kappa shape index (κ3) is 1.94. The van der Waals surface area contributed by atoms with Crippen molar-refractivity contribution in [1.82, 2.24) is 9.55 Å². The second kappa shape index (κ2) is 3.89. The predicted octanol–water partition coefficient (Wildman–Crippen LogP) is 2.63. The minimum Gasteiger partial charge on any atom is -0.337 e. The van der Waals surface area contributed by atoms with Crippen molar-refractivity contribution in [3.63, 3.8) is 0 Å². The Hall–Kier alpha value is -1.57. The summed E-state index contributed by atoms with van der Waals surface area (Å²) in [4.78, 5) is 4.14. The second-order valence-corrected chi connectivity index (χ2v) is 4.04. The maximum absolute atomic E-state index is 4.14. The molecule has 2 rings (SSSR count). The molecule has 0 aliphatic rings. The van der Waals surface area contributed by atoms with Gasteiger partial charge in [-0.15, -0.1) is 0 Å². The molecule has 0 aliphatic carbocycles. The van der Waals surface area contributed by atoms with E-state index >= 15 is 0 Å². The number of nitrogens with zero attached hydrogens (tertiary/aromatic N) is 2. The molecule has 78 valence electrons. The van der Waals surface area contributed by atoms with Gasteiger partial charge in [-0.25, -0.2) is 4.98 Å². The molecule has 15 heavy (non-hydrogen) atoms. The van der Waals surface area contributed by atoms with Gasteiger partial charge in [-0.2, -0.15) is 0 Å². The fraction of sp³-hybridized carbons (Fsp3) is 0.308. The topological polar surface area (TPSA) is 17.8 Å². The summed E-state index contributed by atoms with van der Waals surface area (Å²) in [5, 5.41) is 0. The first-order valence-electron chi connectivity index (χ1n) is 5.19. The van der Waals surface area contributed by atoms with Crippen LogP contribution in [0.15, 0.2) is 30.7 Å². The number of imidazole rings is 1. The third-order valence-electron chi connectivity index (χ3n) is 2.92. The number of hydrogen-bond acceptors (Lipinski definition) is 1. The lowest BCUT2D eigenvalue weighted by atomic mass is 9.99. The van der Waals surface area contributed by atoms with Gasteiger partial charge in [0.2, 0.25) is 0 Å². The molecule has 0 bridgehead atoms. The molecule has 0 fully saturated rings. The molecule has 0 N–H and O–H groups in total. The fourth-order valence-electron chi connectivity index (χ4n) is 1.86. The van der Waals surface area contributed by atoms with Crippen molar-refractivity contribution in [3.05, 3.63) is 53.1 Å². The highest BCUT2D eigenvalue weighted by atomic mass is 15.0. The largest absolute Gasteiger partial charge is 0.337 e. The Morgan fingerprint density at radius 2 is 1.87 bits per heavy atom. The van der Waals surface area contributed by atoms with Crippen molar-refractivity contribution in [2.45, 2.75) is 20.3 Å². The van der Waals surface area contributed by atoms with Crippen LogP contribution in [0.3, 0.4) is 0 Å². The van der Waals surface area contributed by atoms with Crippen molar-refractivity contribution in [3.8, 4) is 0 Å². The van der Waals surface area contributed by atoms with Gasteiger partial charge in [0.05, 0.1) is 6.33 Å². The molecule has 0 spiro atoms. The van der Waals surface area contributed by atoms with E-state index in [1.54, 1.807) is 0 Å². The molecule has 0 atom stereocenters. The lowest BCUT2D eigenvalue weighted by Gasteiger charge is -2.09. The van der Waals surface area contributed by atoms with Gasteiger partial charge in [-0.1, -0.05) is 18.2 Å². The zero-order valence-corrected chi connectivity index (χ0v) is 9.49. The minimum absolute atomic E-state index is 0.967. The van der Waals surface area contributed by atoms with Crippen LogP contribution in [0, 0.1) is 13.8 Å². The van der Waals surface area contributed by atoms with E-state index in [2.05, 4.69) is 41.6 Å². The molecule has 0 amide bonds. The Morgan fingerprint density at radius 3 is 2.40 bits per heavy atom. The number of aromatic nitrogens is 2. The second-order valence-electron chi connectivity index (χ2n) is 4.04. The van der Waals surface area contributed by atoms with Crippen LogP contribution in [0.2, 0.25) is 0 Å². The average molecular weight is 200 g/mol. The van der Waals surface area contributed by atoms with Crippen LogP contribution in [-0.4, -0.2) is 9.55 Å². The molecule has 2 aromatic rings. The number of hydrogen-bond donors (Lipinski definition) is 0. The Kier molecular flexibility index (Phi) is 2.58. The Labute approximate surface area is 90.6 Å². The quantitative estimate of drug-likeness (QED) is 0.728. The van der Waals surface area contributed by atoms with E-state index in [0.717, 1.165) is 6.42 Å². The van der Waals surface area contributed by atoms with Crippen molar-refractivity contribution < 1.29 is 0 Å². The van der Waals surface area contributed by atoms with Gasteiger partial charge < -0.3 is 4.57 Å². The van der Waals surface area contributed by atoms with Gasteiger partial charge in [0.25, 0.3) is 0 Å². The Morgan fingerprint density at radius 1 is 1.20 bits per heavy atom. The highest BCUT2D eigenvalue weighted by molar-refractivity contribution is 5.36. The van der Waals surface area contributed by atoms with E-state index < -0.39 is 0 Å². The molecule has 2 nitrogen and oxygen atoms in total. The summed E-state index contributed by atoms with van der Waals surface area (Å²) in [6.45, 7) is 4.33. The Balaban J connectivity index is 2.36. The summed E-state index contributed by atoms with van der Waals surface area (Å²) >= 11 is 0. The van der Waals surface area contributed by atoms with Crippen LogP contribution in [0.1, 0.15) is 22.4 Å². The Bertz CT molecular complexity index is 449. The standard InChI is InChI=1S/C13H16N2/c1-10-5-4-6-11(2)13(10)7-12-8-14-9-15(12)3/h4-6,8-9H,7H2,1-3H3. The van der Waals surface area contributed by atoms with Gasteiger partial charge >= 0.3 is 0 Å². The highest BCUT2D eigenvalue weighted by Crippen LogP contribution is 2.17. The van der Waals surface area contributed by atoms with E-state index in [1.807, 2.05) is 19.6 Å². The van der Waals surface area contributed by atoms with Gasteiger partial charge in [-0.05, 0) is 30.5 Å². The van der Waals surface area contributed by atoms with E-state index in [0.29, 0.717) is 0 Å². The number of benzene rings is 1. The van der Waals surface area contributed by atoms with Crippen molar-refractivity contribution >= 4 is 0 Å². The van der Waals surface area contributed by atoms with Crippen molar-refractivity contribution in [1.29, 1.82) is 0 Å². The summed E-state index contributed by atoms with van der Waals surface area (Å²) in [7, 11) is 2.04. The van der Waals surface area contributed by atoms with Crippen LogP contribution in [-0.2, 0) is 13.5 Å². The van der Waals surface area contributed by atoms with Gasteiger partial charge in [0.1, 0.15) is 0 Å². The first-order chi connectivity index (χ1) is 7.18. The van der Waals surface area contributed by atoms with E-state index in [1.165, 1.54) is 22.4 Å². The maximum Gasteiger partial charge on any atom is 0.0945 e. The molecule has 0 saturated heterocycles. The normalized spacial score (nSPS) is 10.6. The first kappa shape index (κ1) is 9.97. The highest BCUT2D eigenvalue weighted by Gasteiger charge is 2.05. The summed E-state index contributed by atoms with van der Waals surface area (Å²) in [5.74, 6) is 0. The van der Waals surface area contributed by atoms with Crippen LogP contribution in [0.25, 0.3) is 0 Å². The van der Waals surface area contributed by atoms with Crippen LogP contribution in [0.5, 0.6) is 0 Å². The maximum atomic E-state index is 4.14. The summed E-state index contributed by atoms with van der Waals surface area (Å²) in [6, 6.07) is 6.44. The smallest absolute Gasteiger partial charge is 0.0945 e. The molecule has 0 unspecified atom stereocenters. The zero-order chi connectivity index (χ0) is 10.8. The average Bonchev–Trinajstić information content (AvgIpc) is 2.58.